The molecule has 0 fully saturated rings. The molecule has 2 aromatic carbocycles. The van der Waals surface area contributed by atoms with Gasteiger partial charge in [-0.3, -0.25) is 4.79 Å². The number of carbonyl (C=O) groups is 2. The average Bonchev–Trinajstić information content (AvgIpc) is 2.63. The molecule has 156 valence electrons. The Hall–Kier alpha value is -2.91. The quantitative estimate of drug-likeness (QED) is 0.535. The molecule has 1 atom stereocenters. The highest BCUT2D eigenvalue weighted by atomic mass is 19.4. The van der Waals surface area contributed by atoms with Crippen LogP contribution in [0.25, 0.3) is 0 Å². The Morgan fingerprint density at radius 1 is 0.931 bits per heavy atom. The molecular formula is C19H14F7NO2. The summed E-state index contributed by atoms with van der Waals surface area (Å²) in [4.78, 5) is 23.2. The molecule has 10 heteroatoms. The highest BCUT2D eigenvalue weighted by Gasteiger charge is 2.37. The molecule has 1 N–H and O–H groups in total. The van der Waals surface area contributed by atoms with Crippen molar-refractivity contribution >= 4 is 12.2 Å². The molecule has 0 aliphatic heterocycles. The zero-order chi connectivity index (χ0) is 21.8. The van der Waals surface area contributed by atoms with Crippen LogP contribution in [0.3, 0.4) is 0 Å². The third-order valence-electron chi connectivity index (χ3n) is 4.03. The van der Waals surface area contributed by atoms with Crippen LogP contribution in [-0.2, 0) is 28.5 Å². The van der Waals surface area contributed by atoms with Crippen LogP contribution in [0.4, 0.5) is 30.7 Å². The lowest BCUT2D eigenvalue weighted by molar-refractivity contribution is -0.143. The fourth-order valence-corrected chi connectivity index (χ4v) is 2.62. The Morgan fingerprint density at radius 3 is 1.90 bits per heavy atom. The Labute approximate surface area is 160 Å². The van der Waals surface area contributed by atoms with Crippen molar-refractivity contribution in [3.05, 3.63) is 70.5 Å². The van der Waals surface area contributed by atoms with Gasteiger partial charge in [0.15, 0.2) is 0 Å². The summed E-state index contributed by atoms with van der Waals surface area (Å²) in [7, 11) is 0. The lowest BCUT2D eigenvalue weighted by Crippen LogP contribution is -2.29. The van der Waals surface area contributed by atoms with E-state index in [1.54, 1.807) is 0 Å². The first-order chi connectivity index (χ1) is 13.4. The van der Waals surface area contributed by atoms with Crippen molar-refractivity contribution in [3.63, 3.8) is 0 Å². The number of alkyl halides is 6. The van der Waals surface area contributed by atoms with Crippen molar-refractivity contribution in [2.24, 2.45) is 0 Å². The molecular weight excluding hydrogens is 407 g/mol. The van der Waals surface area contributed by atoms with Crippen molar-refractivity contribution < 1.29 is 40.3 Å². The number of benzene rings is 2. The third-order valence-corrected chi connectivity index (χ3v) is 4.03. The van der Waals surface area contributed by atoms with Crippen LogP contribution in [0.2, 0.25) is 0 Å². The minimum atomic E-state index is -5.01. The second-order valence-electron chi connectivity index (χ2n) is 6.14. The smallest absolute Gasteiger partial charge is 0.351 e. The summed E-state index contributed by atoms with van der Waals surface area (Å²) in [6, 6.07) is 5.62. The number of carbonyl (C=O) groups excluding carboxylic acids is 2. The number of rotatable bonds is 6. The number of hydrogen-bond donors (Lipinski definition) is 1. The fourth-order valence-electron chi connectivity index (χ4n) is 2.62. The predicted octanol–water partition coefficient (Wildman–Crippen LogP) is 4.85. The minimum absolute atomic E-state index is 0.0149. The molecule has 2 aromatic rings. The van der Waals surface area contributed by atoms with Gasteiger partial charge in [0, 0.05) is 13.0 Å². The van der Waals surface area contributed by atoms with Gasteiger partial charge in [0.1, 0.15) is 12.1 Å². The topological polar surface area (TPSA) is 46.2 Å². The Kier molecular flexibility index (Phi) is 6.66. The van der Waals surface area contributed by atoms with Gasteiger partial charge in [0.25, 0.3) is 0 Å². The lowest BCUT2D eigenvalue weighted by Gasteiger charge is -2.17. The Balaban J connectivity index is 2.25. The number of halogens is 7. The molecule has 0 aliphatic carbocycles. The summed E-state index contributed by atoms with van der Waals surface area (Å²) < 4.78 is 90.4. The van der Waals surface area contributed by atoms with E-state index in [1.165, 1.54) is 12.1 Å². The van der Waals surface area contributed by atoms with Gasteiger partial charge in [-0.1, -0.05) is 12.1 Å². The number of hydrogen-bond acceptors (Lipinski definition) is 2. The van der Waals surface area contributed by atoms with Crippen molar-refractivity contribution in [1.82, 2.24) is 5.32 Å². The number of amides is 1. The largest absolute Gasteiger partial charge is 0.416 e. The molecule has 0 radical (unpaired) electrons. The highest BCUT2D eigenvalue weighted by Crippen LogP contribution is 2.36. The van der Waals surface area contributed by atoms with Crippen molar-refractivity contribution in [1.29, 1.82) is 0 Å². The maximum atomic E-state index is 13.0. The summed E-state index contributed by atoms with van der Waals surface area (Å²) in [6.07, 6.45) is -9.88. The minimum Gasteiger partial charge on any atom is -0.351 e. The number of aldehydes is 1. The van der Waals surface area contributed by atoms with E-state index in [2.05, 4.69) is 5.32 Å². The van der Waals surface area contributed by atoms with Crippen LogP contribution in [0.1, 0.15) is 34.6 Å². The summed E-state index contributed by atoms with van der Waals surface area (Å²) in [6.45, 7) is -0.623. The fraction of sp³-hybridized carbons (Fsp3) is 0.263. The third kappa shape index (κ3) is 6.03. The predicted molar refractivity (Wildman–Crippen MR) is 88.1 cm³/mol. The zero-order valence-corrected chi connectivity index (χ0v) is 14.6. The second-order valence-corrected chi connectivity index (χ2v) is 6.14. The van der Waals surface area contributed by atoms with E-state index >= 15 is 0 Å². The van der Waals surface area contributed by atoms with E-state index in [1.807, 2.05) is 0 Å². The zero-order valence-electron chi connectivity index (χ0n) is 14.6. The van der Waals surface area contributed by atoms with E-state index in [0.717, 1.165) is 12.1 Å². The Bertz CT molecular complexity index is 841. The summed E-state index contributed by atoms with van der Waals surface area (Å²) in [5.41, 5.74) is -3.14. The molecule has 0 bridgehead atoms. The van der Waals surface area contributed by atoms with E-state index in [-0.39, 0.29) is 18.1 Å². The summed E-state index contributed by atoms with van der Waals surface area (Å²) in [5, 5.41) is 2.23. The van der Waals surface area contributed by atoms with Crippen LogP contribution in [0, 0.1) is 5.82 Å². The molecule has 0 unspecified atom stereocenters. The Morgan fingerprint density at radius 2 is 1.45 bits per heavy atom. The molecule has 3 nitrogen and oxygen atoms in total. The van der Waals surface area contributed by atoms with Gasteiger partial charge in [-0.15, -0.1) is 0 Å². The maximum Gasteiger partial charge on any atom is 0.416 e. The van der Waals surface area contributed by atoms with Gasteiger partial charge >= 0.3 is 12.4 Å². The standard InChI is InChI=1S/C19H14F7NO2/c20-15-3-1-12(2-4-15)16(5-6-28)17(29)27-10-11-7-13(18(21,22)23)9-14(8-11)19(24,25)26/h1-4,6-9,16H,5,10H2,(H,27,29)/t16-/m0/s1. The molecule has 0 aliphatic rings. The molecule has 0 heterocycles. The van der Waals surface area contributed by atoms with Crippen LogP contribution in [-0.4, -0.2) is 12.2 Å². The molecule has 0 saturated heterocycles. The SMILES string of the molecule is O=CC[C@H](C(=O)NCc1cc(C(F)(F)F)cc(C(F)(F)F)c1)c1ccc(F)cc1. The lowest BCUT2D eigenvalue weighted by atomic mass is 9.95. The van der Waals surface area contributed by atoms with Crippen LogP contribution in [0.15, 0.2) is 42.5 Å². The van der Waals surface area contributed by atoms with Crippen molar-refractivity contribution in [2.45, 2.75) is 31.2 Å². The molecule has 0 aromatic heterocycles. The van der Waals surface area contributed by atoms with Gasteiger partial charge in [0.2, 0.25) is 5.91 Å². The van der Waals surface area contributed by atoms with Crippen molar-refractivity contribution in [3.8, 4) is 0 Å². The van der Waals surface area contributed by atoms with Crippen molar-refractivity contribution in [2.75, 3.05) is 0 Å². The van der Waals surface area contributed by atoms with Crippen LogP contribution in [0.5, 0.6) is 0 Å². The van der Waals surface area contributed by atoms with Crippen LogP contribution >= 0.6 is 0 Å². The van der Waals surface area contributed by atoms with E-state index in [0.29, 0.717) is 18.4 Å². The highest BCUT2D eigenvalue weighted by molar-refractivity contribution is 5.85. The maximum absolute atomic E-state index is 13.0. The normalized spacial score (nSPS) is 13.1. The second kappa shape index (κ2) is 8.62. The summed E-state index contributed by atoms with van der Waals surface area (Å²) >= 11 is 0. The first-order valence-electron chi connectivity index (χ1n) is 8.17. The number of nitrogens with one attached hydrogen (secondary N) is 1. The first-order valence-corrected chi connectivity index (χ1v) is 8.17. The van der Waals surface area contributed by atoms with Gasteiger partial charge < -0.3 is 10.1 Å². The van der Waals surface area contributed by atoms with Gasteiger partial charge in [0.05, 0.1) is 17.0 Å². The van der Waals surface area contributed by atoms with E-state index < -0.39 is 53.2 Å². The first kappa shape index (κ1) is 22.4. The average molecular weight is 421 g/mol. The molecule has 1 amide bonds. The molecule has 2 rings (SSSR count). The van der Waals surface area contributed by atoms with Crippen LogP contribution < -0.4 is 5.32 Å². The summed E-state index contributed by atoms with van der Waals surface area (Å²) in [5.74, 6) is -2.45. The molecule has 29 heavy (non-hydrogen) atoms. The van der Waals surface area contributed by atoms with Gasteiger partial charge in [-0.05, 0) is 41.5 Å². The molecule has 0 saturated carbocycles. The molecule has 0 spiro atoms. The van der Waals surface area contributed by atoms with Gasteiger partial charge in [-0.25, -0.2) is 4.39 Å². The monoisotopic (exact) mass is 421 g/mol. The van der Waals surface area contributed by atoms with E-state index in [9.17, 15) is 40.3 Å². The van der Waals surface area contributed by atoms with Gasteiger partial charge in [-0.2, -0.15) is 26.3 Å². The van der Waals surface area contributed by atoms with E-state index in [4.69, 9.17) is 0 Å².